The maximum atomic E-state index is 12.1. The fraction of sp³-hybridized carbons (Fsp3) is 0.370. The van der Waals surface area contributed by atoms with Crippen molar-refractivity contribution in [3.8, 4) is 0 Å². The fourth-order valence-electron chi connectivity index (χ4n) is 4.26. The summed E-state index contributed by atoms with van der Waals surface area (Å²) in [4.78, 5) is 27.6. The van der Waals surface area contributed by atoms with Crippen LogP contribution in [-0.4, -0.2) is 45.9 Å². The van der Waals surface area contributed by atoms with Crippen LogP contribution in [0, 0.1) is 5.92 Å². The number of benzene rings is 2. The van der Waals surface area contributed by atoms with E-state index < -0.39 is 18.3 Å². The molecular weight excluding hydrogens is 547 g/mol. The second-order valence-electron chi connectivity index (χ2n) is 9.04. The molecule has 2 heterocycles. The zero-order valence-electron chi connectivity index (χ0n) is 21.5. The highest BCUT2D eigenvalue weighted by molar-refractivity contribution is 6.40. The molecule has 10 nitrogen and oxygen atoms in total. The summed E-state index contributed by atoms with van der Waals surface area (Å²) in [6.45, 7) is 4.11. The first-order chi connectivity index (χ1) is 18.8. The number of aromatic nitrogens is 2. The maximum Gasteiger partial charge on any atom is 0.325 e. The van der Waals surface area contributed by atoms with Crippen LogP contribution in [-0.2, 0) is 32.2 Å². The Labute approximate surface area is 236 Å². The molecule has 0 saturated carbocycles. The minimum Gasteiger partial charge on any atom is -0.465 e. The first kappa shape index (κ1) is 28.8. The van der Waals surface area contributed by atoms with Gasteiger partial charge in [-0.15, -0.1) is 0 Å². The van der Waals surface area contributed by atoms with Gasteiger partial charge < -0.3 is 34.5 Å². The smallest absolute Gasteiger partial charge is 0.325 e. The van der Waals surface area contributed by atoms with Gasteiger partial charge in [0.05, 0.1) is 38.3 Å². The number of amides is 2. The molecule has 1 fully saturated rings. The van der Waals surface area contributed by atoms with E-state index in [0.717, 1.165) is 16.7 Å². The number of aliphatic hydroxyl groups excluding tert-OH is 1. The number of anilines is 1. The molecule has 1 aliphatic heterocycles. The van der Waals surface area contributed by atoms with Gasteiger partial charge in [0.25, 0.3) is 0 Å². The number of nitrogens with one attached hydrogen (secondary N) is 2. The largest absolute Gasteiger partial charge is 0.465 e. The van der Waals surface area contributed by atoms with Crippen molar-refractivity contribution in [3.05, 3.63) is 81.9 Å². The van der Waals surface area contributed by atoms with Crippen molar-refractivity contribution in [2.75, 3.05) is 18.5 Å². The molecule has 12 heteroatoms. The predicted octanol–water partition coefficient (Wildman–Crippen LogP) is 4.86. The number of halogens is 2. The van der Waals surface area contributed by atoms with E-state index in [9.17, 15) is 14.7 Å². The van der Waals surface area contributed by atoms with Gasteiger partial charge in [0.2, 0.25) is 0 Å². The quantitative estimate of drug-likeness (QED) is 0.311. The number of rotatable bonds is 9. The van der Waals surface area contributed by atoms with Gasteiger partial charge in [0.1, 0.15) is 11.7 Å². The molecule has 0 unspecified atom stereocenters. The first-order valence-electron chi connectivity index (χ1n) is 12.5. The van der Waals surface area contributed by atoms with Crippen LogP contribution < -0.4 is 10.6 Å². The molecule has 1 aromatic heterocycles. The minimum absolute atomic E-state index is 0.0448. The summed E-state index contributed by atoms with van der Waals surface area (Å²) in [5, 5.41) is 15.1. The van der Waals surface area contributed by atoms with Crippen LogP contribution >= 0.6 is 23.2 Å². The van der Waals surface area contributed by atoms with E-state index in [4.69, 9.17) is 37.4 Å². The Morgan fingerprint density at radius 1 is 1.08 bits per heavy atom. The number of imidazole rings is 1. The summed E-state index contributed by atoms with van der Waals surface area (Å²) < 4.78 is 19.4. The summed E-state index contributed by atoms with van der Waals surface area (Å²) in [6, 6.07) is 14.1. The fourth-order valence-corrected chi connectivity index (χ4v) is 4.57. The van der Waals surface area contributed by atoms with Crippen molar-refractivity contribution in [3.63, 3.8) is 0 Å². The molecule has 3 aromatic rings. The zero-order valence-corrected chi connectivity index (χ0v) is 23.0. The van der Waals surface area contributed by atoms with Crippen molar-refractivity contribution < 1.29 is 28.9 Å². The lowest BCUT2D eigenvalue weighted by molar-refractivity contribution is -0.276. The lowest BCUT2D eigenvalue weighted by Gasteiger charge is -2.41. The standard InChI is InChI=1S/C27H30Cl2N4O6/c1-3-37-22(35)12-30-27(36)32-20-10-8-19(9-11-20)26-38-21(13-33-15-31-24(28)25(33)29)16(2)23(39-26)18-6-4-17(14-34)5-7-18/h4-11,15-16,21,23,26,34H,3,12-14H2,1-2H3,(H2,30,32,36)/t16-,21+,23+,26+/m0/s1. The number of carbonyl (C=O) groups is 2. The van der Waals surface area contributed by atoms with Gasteiger partial charge in [-0.05, 0) is 30.2 Å². The van der Waals surface area contributed by atoms with E-state index >= 15 is 0 Å². The Bertz CT molecular complexity index is 1270. The van der Waals surface area contributed by atoms with Crippen molar-refractivity contribution in [2.24, 2.45) is 5.92 Å². The molecule has 0 spiro atoms. The first-order valence-corrected chi connectivity index (χ1v) is 13.2. The van der Waals surface area contributed by atoms with E-state index in [1.165, 1.54) is 0 Å². The molecule has 1 saturated heterocycles. The molecule has 0 radical (unpaired) electrons. The molecule has 3 N–H and O–H groups in total. The Balaban J connectivity index is 1.50. The average Bonchev–Trinajstić information content (AvgIpc) is 3.26. The molecule has 2 aromatic carbocycles. The topological polar surface area (TPSA) is 124 Å². The van der Waals surface area contributed by atoms with Crippen molar-refractivity contribution >= 4 is 40.9 Å². The Hall–Kier alpha value is -3.15. The zero-order chi connectivity index (χ0) is 27.9. The van der Waals surface area contributed by atoms with Gasteiger partial charge in [0, 0.05) is 17.2 Å². The Morgan fingerprint density at radius 3 is 2.38 bits per heavy atom. The van der Waals surface area contributed by atoms with Crippen LogP contribution in [0.2, 0.25) is 10.3 Å². The summed E-state index contributed by atoms with van der Waals surface area (Å²) in [7, 11) is 0. The maximum absolute atomic E-state index is 12.1. The molecule has 39 heavy (non-hydrogen) atoms. The number of esters is 1. The highest BCUT2D eigenvalue weighted by atomic mass is 35.5. The summed E-state index contributed by atoms with van der Waals surface area (Å²) in [6.07, 6.45) is 0.244. The lowest BCUT2D eigenvalue weighted by atomic mass is 9.90. The molecule has 0 bridgehead atoms. The summed E-state index contributed by atoms with van der Waals surface area (Å²) >= 11 is 12.4. The Kier molecular flexibility index (Phi) is 9.82. The molecule has 0 aliphatic carbocycles. The van der Waals surface area contributed by atoms with Gasteiger partial charge in [-0.2, -0.15) is 0 Å². The summed E-state index contributed by atoms with van der Waals surface area (Å²) in [5.41, 5.74) is 3.03. The average molecular weight is 577 g/mol. The van der Waals surface area contributed by atoms with Crippen molar-refractivity contribution in [2.45, 2.75) is 45.5 Å². The second-order valence-corrected chi connectivity index (χ2v) is 9.75. The van der Waals surface area contributed by atoms with E-state index in [-0.39, 0.29) is 43.0 Å². The van der Waals surface area contributed by atoms with E-state index in [0.29, 0.717) is 17.4 Å². The van der Waals surface area contributed by atoms with E-state index in [1.807, 2.05) is 31.2 Å². The summed E-state index contributed by atoms with van der Waals surface area (Å²) in [5.74, 6) is -0.583. The molecule has 2 amide bonds. The third-order valence-corrected chi connectivity index (χ3v) is 7.14. The van der Waals surface area contributed by atoms with Crippen molar-refractivity contribution in [1.82, 2.24) is 14.9 Å². The lowest BCUT2D eigenvalue weighted by Crippen LogP contribution is -2.39. The van der Waals surface area contributed by atoms with E-state index in [2.05, 4.69) is 15.6 Å². The number of aliphatic hydroxyl groups is 1. The van der Waals surface area contributed by atoms with E-state index in [1.54, 1.807) is 42.1 Å². The highest BCUT2D eigenvalue weighted by Crippen LogP contribution is 2.42. The van der Waals surface area contributed by atoms with Crippen LogP contribution in [0.15, 0.2) is 54.9 Å². The molecule has 4 atom stereocenters. The van der Waals surface area contributed by atoms with Crippen LogP contribution in [0.3, 0.4) is 0 Å². The molecule has 1 aliphatic rings. The van der Waals surface area contributed by atoms with Crippen LogP contribution in [0.1, 0.15) is 42.9 Å². The monoisotopic (exact) mass is 576 g/mol. The van der Waals surface area contributed by atoms with Crippen molar-refractivity contribution in [1.29, 1.82) is 0 Å². The van der Waals surface area contributed by atoms with Gasteiger partial charge in [-0.25, -0.2) is 9.78 Å². The number of hydrogen-bond donors (Lipinski definition) is 3. The van der Waals surface area contributed by atoms with Gasteiger partial charge in [-0.3, -0.25) is 4.79 Å². The van der Waals surface area contributed by atoms with Crippen LogP contribution in [0.25, 0.3) is 0 Å². The van der Waals surface area contributed by atoms with Gasteiger partial charge in [-0.1, -0.05) is 66.5 Å². The number of hydrogen-bond acceptors (Lipinski definition) is 7. The Morgan fingerprint density at radius 2 is 1.77 bits per heavy atom. The second kappa shape index (κ2) is 13.3. The van der Waals surface area contributed by atoms with Gasteiger partial charge in [0.15, 0.2) is 11.4 Å². The molecule has 4 rings (SSSR count). The van der Waals surface area contributed by atoms with Crippen LogP contribution in [0.5, 0.6) is 0 Å². The minimum atomic E-state index is -0.710. The molecular formula is C27H30Cl2N4O6. The third kappa shape index (κ3) is 7.28. The normalized spacial score (nSPS) is 20.8. The number of ether oxygens (including phenoxy) is 3. The number of carbonyl (C=O) groups excluding carboxylic acids is 2. The number of nitrogens with zero attached hydrogens (tertiary/aromatic N) is 2. The molecule has 208 valence electrons. The van der Waals surface area contributed by atoms with Gasteiger partial charge >= 0.3 is 12.0 Å². The third-order valence-electron chi connectivity index (χ3n) is 6.37. The highest BCUT2D eigenvalue weighted by Gasteiger charge is 2.38. The SMILES string of the molecule is CCOC(=O)CNC(=O)Nc1ccc([C@@H]2O[C@H](Cn3cnc(Cl)c3Cl)[C@H](C)[C@H](c3ccc(CO)cc3)O2)cc1. The predicted molar refractivity (Wildman–Crippen MR) is 145 cm³/mol. The van der Waals surface area contributed by atoms with Crippen LogP contribution in [0.4, 0.5) is 10.5 Å². The number of urea groups is 1.